The van der Waals surface area contributed by atoms with Crippen molar-refractivity contribution in [3.8, 4) is 11.8 Å². The quantitative estimate of drug-likeness (QED) is 0.535. The van der Waals surface area contributed by atoms with E-state index in [9.17, 15) is 9.65 Å². The number of rotatable bonds is 7. The number of hydrogen-bond acceptors (Lipinski definition) is 6. The normalized spacial score (nSPS) is 14.4. The molecule has 0 atom stereocenters. The maximum Gasteiger partial charge on any atom is 0.148 e. The summed E-state index contributed by atoms with van der Waals surface area (Å²) in [5.74, 6) is 0.0393. The lowest BCUT2D eigenvalue weighted by Crippen LogP contribution is -2.37. The Morgan fingerprint density at radius 1 is 1.19 bits per heavy atom. The van der Waals surface area contributed by atoms with Gasteiger partial charge in [0.05, 0.1) is 36.6 Å². The van der Waals surface area contributed by atoms with Crippen LogP contribution in [-0.2, 0) is 4.74 Å². The predicted octanol–water partition coefficient (Wildman–Crippen LogP) is 4.74. The fourth-order valence-electron chi connectivity index (χ4n) is 3.52. The summed E-state index contributed by atoms with van der Waals surface area (Å²) in [7, 11) is 0. The molecule has 160 valence electrons. The van der Waals surface area contributed by atoms with Crippen molar-refractivity contribution in [1.29, 1.82) is 5.26 Å². The molecule has 8 heteroatoms. The van der Waals surface area contributed by atoms with Crippen molar-refractivity contribution in [3.63, 3.8) is 0 Å². The van der Waals surface area contributed by atoms with E-state index in [-0.39, 0.29) is 0 Å². The molecule has 0 saturated carbocycles. The first-order chi connectivity index (χ1) is 15.1. The highest BCUT2D eigenvalue weighted by atomic mass is 35.5. The van der Waals surface area contributed by atoms with E-state index in [1.807, 2.05) is 0 Å². The molecule has 0 bridgehead atoms. The standard InChI is InChI=1S/C23H22ClFN4O2/c24-17-2-3-21(19(25)13-17)28-20-4-5-27-22-14-23(16(15-26)12-18(20)22)31-9-1-6-29-7-10-30-11-8-29/h2-5,12-14H,1,6-11H2,(H,27,28). The summed E-state index contributed by atoms with van der Waals surface area (Å²) in [4.78, 5) is 6.73. The lowest BCUT2D eigenvalue weighted by Gasteiger charge is -2.26. The number of ether oxygens (including phenoxy) is 2. The Balaban J connectivity index is 1.50. The van der Waals surface area contributed by atoms with E-state index in [0.717, 1.165) is 39.3 Å². The van der Waals surface area contributed by atoms with Gasteiger partial charge in [0.15, 0.2) is 0 Å². The van der Waals surface area contributed by atoms with E-state index >= 15 is 0 Å². The van der Waals surface area contributed by atoms with Crippen LogP contribution in [0.5, 0.6) is 5.75 Å². The van der Waals surface area contributed by atoms with Gasteiger partial charge in [0.2, 0.25) is 0 Å². The lowest BCUT2D eigenvalue weighted by atomic mass is 10.1. The first kappa shape index (κ1) is 21.3. The molecule has 1 aromatic heterocycles. The Bertz CT molecular complexity index is 1110. The van der Waals surface area contributed by atoms with Crippen molar-refractivity contribution in [2.24, 2.45) is 0 Å². The van der Waals surface area contributed by atoms with Gasteiger partial charge in [-0.1, -0.05) is 11.6 Å². The van der Waals surface area contributed by atoms with Gasteiger partial charge in [0.1, 0.15) is 17.6 Å². The molecule has 1 saturated heterocycles. The van der Waals surface area contributed by atoms with Crippen LogP contribution in [0.4, 0.5) is 15.8 Å². The molecule has 0 radical (unpaired) electrons. The number of pyridine rings is 1. The van der Waals surface area contributed by atoms with Gasteiger partial charge in [-0.15, -0.1) is 0 Å². The Morgan fingerprint density at radius 3 is 2.81 bits per heavy atom. The Kier molecular flexibility index (Phi) is 6.82. The topological polar surface area (TPSA) is 70.4 Å². The fourth-order valence-corrected chi connectivity index (χ4v) is 3.68. The van der Waals surface area contributed by atoms with Crippen LogP contribution in [-0.4, -0.2) is 49.3 Å². The van der Waals surface area contributed by atoms with Crippen LogP contribution < -0.4 is 10.1 Å². The summed E-state index contributed by atoms with van der Waals surface area (Å²) in [6, 6.07) is 11.8. The van der Waals surface area contributed by atoms with E-state index in [2.05, 4.69) is 21.3 Å². The van der Waals surface area contributed by atoms with Crippen molar-refractivity contribution < 1.29 is 13.9 Å². The average Bonchev–Trinajstić information content (AvgIpc) is 2.79. The first-order valence-electron chi connectivity index (χ1n) is 10.1. The third kappa shape index (κ3) is 5.23. The summed E-state index contributed by atoms with van der Waals surface area (Å²) >= 11 is 5.83. The van der Waals surface area contributed by atoms with Crippen LogP contribution >= 0.6 is 11.6 Å². The molecule has 2 heterocycles. The van der Waals surface area contributed by atoms with Gasteiger partial charge in [0.25, 0.3) is 0 Å². The number of morpholine rings is 1. The van der Waals surface area contributed by atoms with E-state index in [4.69, 9.17) is 21.1 Å². The minimum Gasteiger partial charge on any atom is -0.492 e. The number of anilines is 2. The van der Waals surface area contributed by atoms with Gasteiger partial charge in [-0.2, -0.15) is 5.26 Å². The maximum atomic E-state index is 14.2. The second-order valence-electron chi connectivity index (χ2n) is 7.24. The molecule has 4 rings (SSSR count). The number of hydrogen-bond donors (Lipinski definition) is 1. The van der Waals surface area contributed by atoms with E-state index in [0.29, 0.717) is 45.2 Å². The Morgan fingerprint density at radius 2 is 2.03 bits per heavy atom. The van der Waals surface area contributed by atoms with Gasteiger partial charge in [-0.05, 0) is 36.8 Å². The smallest absolute Gasteiger partial charge is 0.148 e. The molecule has 0 spiro atoms. The van der Waals surface area contributed by atoms with Gasteiger partial charge in [0, 0.05) is 48.0 Å². The van der Waals surface area contributed by atoms with Crippen molar-refractivity contribution in [1.82, 2.24) is 9.88 Å². The van der Waals surface area contributed by atoms with E-state index in [1.165, 1.54) is 6.07 Å². The monoisotopic (exact) mass is 440 g/mol. The molecule has 1 aliphatic heterocycles. The Hall–Kier alpha value is -2.92. The maximum absolute atomic E-state index is 14.2. The number of nitriles is 1. The van der Waals surface area contributed by atoms with Crippen molar-refractivity contribution in [2.45, 2.75) is 6.42 Å². The zero-order chi connectivity index (χ0) is 21.6. The lowest BCUT2D eigenvalue weighted by molar-refractivity contribution is 0.0358. The third-order valence-electron chi connectivity index (χ3n) is 5.14. The molecule has 0 unspecified atom stereocenters. The molecular weight excluding hydrogens is 419 g/mol. The van der Waals surface area contributed by atoms with Crippen molar-refractivity contribution in [2.75, 3.05) is 44.8 Å². The van der Waals surface area contributed by atoms with Crippen LogP contribution in [0.15, 0.2) is 42.6 Å². The zero-order valence-corrected chi connectivity index (χ0v) is 17.7. The van der Waals surface area contributed by atoms with Crippen LogP contribution in [0.25, 0.3) is 10.9 Å². The summed E-state index contributed by atoms with van der Waals surface area (Å²) < 4.78 is 25.5. The molecule has 1 aliphatic rings. The van der Waals surface area contributed by atoms with Crippen LogP contribution in [0, 0.1) is 17.1 Å². The first-order valence-corrected chi connectivity index (χ1v) is 10.5. The second-order valence-corrected chi connectivity index (χ2v) is 7.68. The van der Waals surface area contributed by atoms with Crippen molar-refractivity contribution in [3.05, 3.63) is 59.0 Å². The van der Waals surface area contributed by atoms with Crippen LogP contribution in [0.2, 0.25) is 5.02 Å². The highest BCUT2D eigenvalue weighted by molar-refractivity contribution is 6.30. The summed E-state index contributed by atoms with van der Waals surface area (Å²) in [6.45, 7) is 4.85. The fraction of sp³-hybridized carbons (Fsp3) is 0.304. The highest BCUT2D eigenvalue weighted by Gasteiger charge is 2.13. The molecule has 0 amide bonds. The molecule has 1 fully saturated rings. The molecule has 3 aromatic rings. The van der Waals surface area contributed by atoms with Gasteiger partial charge in [-0.25, -0.2) is 4.39 Å². The van der Waals surface area contributed by atoms with Gasteiger partial charge < -0.3 is 14.8 Å². The average molecular weight is 441 g/mol. The summed E-state index contributed by atoms with van der Waals surface area (Å²) in [5, 5.41) is 13.7. The largest absolute Gasteiger partial charge is 0.492 e. The number of nitrogens with zero attached hydrogens (tertiary/aromatic N) is 3. The molecule has 31 heavy (non-hydrogen) atoms. The Labute approximate surface area is 185 Å². The number of fused-ring (bicyclic) bond motifs is 1. The highest BCUT2D eigenvalue weighted by Crippen LogP contribution is 2.32. The van der Waals surface area contributed by atoms with E-state index in [1.54, 1.807) is 36.5 Å². The van der Waals surface area contributed by atoms with Crippen molar-refractivity contribution >= 4 is 33.9 Å². The molecule has 0 aliphatic carbocycles. The summed E-state index contributed by atoms with van der Waals surface area (Å²) in [5.41, 5.74) is 1.99. The minimum atomic E-state index is -0.460. The zero-order valence-electron chi connectivity index (χ0n) is 16.9. The third-order valence-corrected chi connectivity index (χ3v) is 5.38. The summed E-state index contributed by atoms with van der Waals surface area (Å²) in [6.07, 6.45) is 2.49. The SMILES string of the molecule is N#Cc1cc2c(Nc3ccc(Cl)cc3F)ccnc2cc1OCCCN1CCOCC1. The van der Waals surface area contributed by atoms with Crippen LogP contribution in [0.1, 0.15) is 12.0 Å². The van der Waals surface area contributed by atoms with Gasteiger partial charge in [-0.3, -0.25) is 9.88 Å². The number of halogens is 2. The number of aromatic nitrogens is 1. The van der Waals surface area contributed by atoms with E-state index < -0.39 is 5.82 Å². The predicted molar refractivity (Wildman–Crippen MR) is 119 cm³/mol. The molecule has 1 N–H and O–H groups in total. The second kappa shape index (κ2) is 9.92. The minimum absolute atomic E-state index is 0.291. The van der Waals surface area contributed by atoms with Gasteiger partial charge >= 0.3 is 0 Å². The molecular formula is C23H22ClFN4O2. The number of benzene rings is 2. The molecule has 6 nitrogen and oxygen atoms in total. The van der Waals surface area contributed by atoms with Crippen LogP contribution in [0.3, 0.4) is 0 Å². The number of nitrogens with one attached hydrogen (secondary N) is 1. The molecule has 2 aromatic carbocycles.